The van der Waals surface area contributed by atoms with Crippen molar-refractivity contribution in [1.82, 2.24) is 0 Å². The monoisotopic (exact) mass is 286 g/mol. The fraction of sp³-hybridized carbons (Fsp3) is 0.714. The first-order valence-electron chi connectivity index (χ1n) is 8.77. The lowest BCUT2D eigenvalue weighted by Crippen LogP contribution is -2.42. The van der Waals surface area contributed by atoms with E-state index in [9.17, 15) is 0 Å². The van der Waals surface area contributed by atoms with Crippen LogP contribution in [0.1, 0.15) is 77.5 Å². The van der Waals surface area contributed by atoms with Gasteiger partial charge in [-0.15, -0.1) is 0 Å². The van der Waals surface area contributed by atoms with Gasteiger partial charge in [-0.1, -0.05) is 65.3 Å². The molecule has 1 fully saturated rings. The van der Waals surface area contributed by atoms with Crippen LogP contribution < -0.4 is 0 Å². The van der Waals surface area contributed by atoms with Crippen molar-refractivity contribution >= 4 is 0 Å². The molecular formula is C21H34. The van der Waals surface area contributed by atoms with Crippen LogP contribution in [0.4, 0.5) is 0 Å². The van der Waals surface area contributed by atoms with Gasteiger partial charge in [0.15, 0.2) is 0 Å². The highest BCUT2D eigenvalue weighted by Crippen LogP contribution is 2.58. The lowest BCUT2D eigenvalue weighted by atomic mass is 9.54. The molecular weight excluding hydrogens is 252 g/mol. The van der Waals surface area contributed by atoms with Crippen LogP contribution in [0.5, 0.6) is 0 Å². The van der Waals surface area contributed by atoms with Crippen LogP contribution in [0, 0.1) is 23.2 Å². The Morgan fingerprint density at radius 3 is 1.86 bits per heavy atom. The molecule has 3 rings (SSSR count). The van der Waals surface area contributed by atoms with E-state index in [-0.39, 0.29) is 0 Å². The Bertz CT molecular complexity index is 489. The average molecular weight is 287 g/mol. The molecule has 0 nitrogen and oxygen atoms in total. The van der Waals surface area contributed by atoms with E-state index in [1.807, 2.05) is 13.8 Å². The van der Waals surface area contributed by atoms with Gasteiger partial charge >= 0.3 is 0 Å². The van der Waals surface area contributed by atoms with Gasteiger partial charge in [-0.05, 0) is 66.4 Å². The second-order valence-electron chi connectivity index (χ2n) is 8.98. The molecule has 0 aromatic heterocycles. The Labute approximate surface area is 132 Å². The zero-order valence-corrected chi connectivity index (χ0v) is 15.3. The molecule has 0 amide bonds. The summed E-state index contributed by atoms with van der Waals surface area (Å²) in [5, 5.41) is 0. The number of hydrogen-bond donors (Lipinski definition) is 0. The summed E-state index contributed by atoms with van der Waals surface area (Å²) in [5.41, 5.74) is 6.22. The van der Waals surface area contributed by atoms with E-state index in [0.717, 1.165) is 0 Å². The smallest absolute Gasteiger partial charge is 0.0206 e. The molecule has 0 N–H and O–H groups in total. The van der Waals surface area contributed by atoms with Gasteiger partial charge in [-0.2, -0.15) is 0 Å². The van der Waals surface area contributed by atoms with Crippen LogP contribution >= 0.6 is 0 Å². The molecule has 118 valence electrons. The fourth-order valence-corrected chi connectivity index (χ4v) is 5.73. The third-order valence-electron chi connectivity index (χ3n) is 5.16. The Morgan fingerprint density at radius 2 is 1.29 bits per heavy atom. The minimum absolute atomic E-state index is 0.499. The Balaban J connectivity index is 0.000000774. The van der Waals surface area contributed by atoms with Crippen LogP contribution in [0.25, 0.3) is 0 Å². The highest BCUT2D eigenvalue weighted by atomic mass is 14.5. The van der Waals surface area contributed by atoms with Gasteiger partial charge in [0.05, 0.1) is 0 Å². The van der Waals surface area contributed by atoms with Crippen molar-refractivity contribution in [3.8, 4) is 0 Å². The molecule has 2 aliphatic rings. The maximum atomic E-state index is 2.48. The van der Waals surface area contributed by atoms with Gasteiger partial charge < -0.3 is 0 Å². The molecule has 0 aliphatic heterocycles. The topological polar surface area (TPSA) is 0 Å². The van der Waals surface area contributed by atoms with E-state index in [2.05, 4.69) is 52.8 Å². The quantitative estimate of drug-likeness (QED) is 0.522. The van der Waals surface area contributed by atoms with Crippen molar-refractivity contribution in [2.75, 3.05) is 0 Å². The SMILES string of the molecule is CC.Cc1ccc2c(c1)CC1(C2)CC(C)(C)CC(C)(C)C1. The van der Waals surface area contributed by atoms with Crippen LogP contribution in [0.3, 0.4) is 0 Å². The number of benzene rings is 1. The fourth-order valence-electron chi connectivity index (χ4n) is 5.73. The first kappa shape index (κ1) is 16.6. The van der Waals surface area contributed by atoms with Gasteiger partial charge in [0.1, 0.15) is 0 Å². The third kappa shape index (κ3) is 3.52. The molecule has 0 saturated heterocycles. The first-order chi connectivity index (χ1) is 9.69. The molecule has 21 heavy (non-hydrogen) atoms. The van der Waals surface area contributed by atoms with Crippen molar-refractivity contribution in [2.24, 2.45) is 16.2 Å². The summed E-state index contributed by atoms with van der Waals surface area (Å²) in [6.07, 6.45) is 6.80. The molecule has 0 heteroatoms. The van der Waals surface area contributed by atoms with Gasteiger partial charge in [0.25, 0.3) is 0 Å². The maximum absolute atomic E-state index is 2.48. The van der Waals surface area contributed by atoms with Crippen LogP contribution in [-0.2, 0) is 12.8 Å². The van der Waals surface area contributed by atoms with Gasteiger partial charge in [0, 0.05) is 0 Å². The standard InChI is InChI=1S/C19H28.C2H6/c1-14-6-7-15-9-19(10-16(15)8-14)12-17(2,3)11-18(4,5)13-19;1-2/h6-8H,9-13H2,1-5H3;1-2H3. The Morgan fingerprint density at radius 1 is 0.762 bits per heavy atom. The highest BCUT2D eigenvalue weighted by molar-refractivity contribution is 5.38. The number of hydrogen-bond acceptors (Lipinski definition) is 0. The normalized spacial score (nSPS) is 24.1. The van der Waals surface area contributed by atoms with Crippen molar-refractivity contribution < 1.29 is 0 Å². The number of aryl methyl sites for hydroxylation is 1. The second-order valence-corrected chi connectivity index (χ2v) is 8.98. The zero-order valence-electron chi connectivity index (χ0n) is 15.3. The molecule has 2 aliphatic carbocycles. The third-order valence-corrected chi connectivity index (χ3v) is 5.16. The summed E-state index contributed by atoms with van der Waals surface area (Å²) in [7, 11) is 0. The first-order valence-corrected chi connectivity index (χ1v) is 8.77. The minimum atomic E-state index is 0.499. The van der Waals surface area contributed by atoms with E-state index in [1.54, 1.807) is 11.1 Å². The van der Waals surface area contributed by atoms with Crippen molar-refractivity contribution in [3.05, 3.63) is 34.9 Å². The molecule has 1 aromatic rings. The molecule has 0 unspecified atom stereocenters. The lowest BCUT2D eigenvalue weighted by molar-refractivity contribution is 0.00380. The highest BCUT2D eigenvalue weighted by Gasteiger charge is 2.49. The van der Waals surface area contributed by atoms with Gasteiger partial charge in [-0.3, -0.25) is 0 Å². The van der Waals surface area contributed by atoms with E-state index < -0.39 is 0 Å². The Hall–Kier alpha value is -0.780. The van der Waals surface area contributed by atoms with E-state index in [1.165, 1.54) is 37.7 Å². The van der Waals surface area contributed by atoms with Crippen LogP contribution in [0.15, 0.2) is 18.2 Å². The van der Waals surface area contributed by atoms with Gasteiger partial charge in [0.2, 0.25) is 0 Å². The predicted molar refractivity (Wildman–Crippen MR) is 93.8 cm³/mol. The summed E-state index contributed by atoms with van der Waals surface area (Å²) in [6.45, 7) is 16.1. The summed E-state index contributed by atoms with van der Waals surface area (Å²) < 4.78 is 0. The summed E-state index contributed by atoms with van der Waals surface area (Å²) >= 11 is 0. The summed E-state index contributed by atoms with van der Waals surface area (Å²) in [4.78, 5) is 0. The maximum Gasteiger partial charge on any atom is -0.0206 e. The van der Waals surface area contributed by atoms with Crippen LogP contribution in [0.2, 0.25) is 0 Å². The Kier molecular flexibility index (Phi) is 4.30. The molecule has 1 spiro atoms. The molecule has 1 saturated carbocycles. The predicted octanol–water partition coefficient (Wildman–Crippen LogP) is 6.34. The van der Waals surface area contributed by atoms with Crippen molar-refractivity contribution in [3.63, 3.8) is 0 Å². The van der Waals surface area contributed by atoms with Crippen molar-refractivity contribution in [1.29, 1.82) is 0 Å². The molecule has 0 atom stereocenters. The van der Waals surface area contributed by atoms with E-state index >= 15 is 0 Å². The minimum Gasteiger partial charge on any atom is -0.0683 e. The summed E-state index contributed by atoms with van der Waals surface area (Å²) in [6, 6.07) is 7.10. The van der Waals surface area contributed by atoms with Crippen molar-refractivity contribution in [2.45, 2.75) is 80.6 Å². The lowest BCUT2D eigenvalue weighted by Gasteiger charge is -2.51. The summed E-state index contributed by atoms with van der Waals surface area (Å²) in [5.74, 6) is 0. The van der Waals surface area contributed by atoms with Gasteiger partial charge in [-0.25, -0.2) is 0 Å². The second kappa shape index (κ2) is 5.45. The number of rotatable bonds is 0. The van der Waals surface area contributed by atoms with E-state index in [0.29, 0.717) is 16.2 Å². The molecule has 0 radical (unpaired) electrons. The molecule has 1 aromatic carbocycles. The zero-order chi connectivity index (χ0) is 15.9. The molecule has 0 bridgehead atoms. The number of fused-ring (bicyclic) bond motifs is 1. The van der Waals surface area contributed by atoms with E-state index in [4.69, 9.17) is 0 Å². The average Bonchev–Trinajstić information content (AvgIpc) is 2.62. The largest absolute Gasteiger partial charge is 0.0683 e. The van der Waals surface area contributed by atoms with Crippen LogP contribution in [-0.4, -0.2) is 0 Å². The molecule has 0 heterocycles.